The quantitative estimate of drug-likeness (QED) is 0.349. The Morgan fingerprint density at radius 2 is 0.242 bits per heavy atom. The van der Waals surface area contributed by atoms with Gasteiger partial charge in [-0.3, -0.25) is 0 Å². The molecule has 1 rings (SSSR count). The third-order valence-electron chi connectivity index (χ3n) is 0.814. The van der Waals surface area contributed by atoms with Crippen LogP contribution in [-0.2, 0) is 1180 Å². The monoisotopic (exact) mass is 10400 g/mol. The fourth-order valence-electron chi connectivity index (χ4n) is 0.510. The summed E-state index contributed by atoms with van der Waals surface area (Å²) in [4.78, 5) is 0. The third-order valence-corrected chi connectivity index (χ3v) is 0.814. The van der Waals surface area contributed by atoms with E-state index in [1.165, 1.54) is 13.0 Å². The van der Waals surface area contributed by atoms with Crippen LogP contribution in [0.25, 0.3) is 0 Å². The van der Waals surface area contributed by atoms with Crippen molar-refractivity contribution in [2.24, 2.45) is 0 Å². The maximum Gasteiger partial charge on any atom is 0 e. The smallest absolute Gasteiger partial charge is 0 e. The number of rotatable bonds is 0. The van der Waals surface area contributed by atoms with Crippen LogP contribution in [0.5, 0.6) is 0 Å². The van der Waals surface area contributed by atoms with Gasteiger partial charge in [0, 0.05) is 1180 Å². The maximum atomic E-state index is 3.17. The molecule has 0 bridgehead atoms. The predicted octanol–water partition coefficient (Wildman–Crippen LogP) is 0.494. The molecular weight excluding hydrogens is 10400 g/mol. The second-order valence-corrected chi connectivity index (χ2v) is 1.28. The molecule has 0 atom stereocenters. The summed E-state index contributed by atoms with van der Waals surface area (Å²) >= 11 is 0. The molecule has 1 fully saturated rings. The van der Waals surface area contributed by atoms with Crippen molar-refractivity contribution in [3.05, 3.63) is 13.8 Å². The van der Waals surface area contributed by atoms with Crippen molar-refractivity contribution in [1.29, 1.82) is 0 Å². The average Bonchev–Trinajstić information content (AvgIpc) is 1.76. The van der Waals surface area contributed by atoms with Gasteiger partial charge >= 0.3 is 0 Å². The summed E-state index contributed by atoms with van der Waals surface area (Å²) in [5, 5.41) is 3.17. The van der Waals surface area contributed by atoms with Gasteiger partial charge in [-0.2, -0.15) is 6.42 Å². The van der Waals surface area contributed by atoms with E-state index >= 15 is 0 Å². The molecule has 0 unspecified atom stereocenters. The molecule has 1 nitrogen and oxygen atoms in total. The fourth-order valence-corrected chi connectivity index (χ4v) is 0.510. The van der Waals surface area contributed by atoms with Crippen molar-refractivity contribution in [2.45, 2.75) is 6.42 Å². The first kappa shape index (κ1) is 526. The van der Waals surface area contributed by atoms with Gasteiger partial charge < -0.3 is 19.2 Å². The fraction of sp³-hybridized carbons (Fsp3) is 0.600. The van der Waals surface area contributed by atoms with Crippen molar-refractivity contribution < 1.29 is 1180 Å². The van der Waals surface area contributed by atoms with Gasteiger partial charge in [0.1, 0.15) is 0 Å². The van der Waals surface area contributed by atoms with Crippen molar-refractivity contribution in [3.63, 3.8) is 0 Å². The van der Waals surface area contributed by atoms with Crippen molar-refractivity contribution in [3.8, 4) is 0 Å². The van der Waals surface area contributed by atoms with E-state index in [-0.39, 0.29) is 1190 Å². The van der Waals surface area contributed by atoms with Crippen LogP contribution < -0.4 is 5.32 Å². The van der Waals surface area contributed by atoms with Crippen molar-refractivity contribution in [1.82, 2.24) is 5.32 Å². The summed E-state index contributed by atoms with van der Waals surface area (Å²) in [6.45, 7) is 2.32. The van der Waals surface area contributed by atoms with E-state index in [9.17, 15) is 0 Å². The predicted molar refractivity (Wildman–Crippen MR) is 28.2 cm³/mol. The Kier molecular flexibility index (Phi) is 4330. The maximum absolute atomic E-state index is 3.17. The van der Waals surface area contributed by atoms with Crippen molar-refractivity contribution in [2.75, 3.05) is 13.1 Å². The zero-order valence-electron chi connectivity index (χ0n) is 27.1. The Morgan fingerprint density at radius 3 is 0.258 bits per heavy atom. The van der Waals surface area contributed by atoms with Crippen LogP contribution in [-0.4, -0.2) is 13.1 Å². The molecule has 0 aliphatic carbocycles. The van der Waals surface area contributed by atoms with E-state index in [4.69, 9.17) is 0 Å². The minimum absolute atomic E-state index is 0. The molecule has 0 radical (unpaired) electrons. The average molecular weight is 10400 g/mol. The van der Waals surface area contributed by atoms with E-state index in [2.05, 4.69) is 11.7 Å². The Labute approximate surface area is 1180 Å². The van der Waals surface area contributed by atoms with Crippen LogP contribution in [0.15, 0.2) is 0 Å². The van der Waals surface area contributed by atoms with E-state index in [1.54, 1.807) is 0 Å². The summed E-state index contributed by atoms with van der Waals surface area (Å²) in [5.74, 6) is 0. The zero-order chi connectivity index (χ0) is 3.54. The normalized spacial score (nSPS) is 1.94. The van der Waals surface area contributed by atoms with E-state index < -0.39 is 0 Å². The molecule has 0 aromatic carbocycles. The van der Waals surface area contributed by atoms with Crippen molar-refractivity contribution >= 4 is 0 Å². The molecule has 1 saturated heterocycles. The summed E-state index contributed by atoms with van der Waals surface area (Å²) in [5.41, 5.74) is 0. The van der Waals surface area contributed by atoms with Gasteiger partial charge in [-0.25, -0.2) is 0 Å². The van der Waals surface area contributed by atoms with Crippen LogP contribution >= 0.6 is 0 Å². The van der Waals surface area contributed by atoms with Crippen LogP contribution in [0.4, 0.5) is 0 Å². The van der Waals surface area contributed by atoms with Gasteiger partial charge in [-0.1, -0.05) is 0 Å². The first-order valence-corrected chi connectivity index (χ1v) is 2.02. The van der Waals surface area contributed by atoms with Crippen LogP contribution in [0.3, 0.4) is 0 Å². The second-order valence-electron chi connectivity index (χ2n) is 1.28. The standard InChI is InChI=1S/C4H8N.CH3.56W/c1-2-4-5-3-1;;;;;;;;;;;;;;;;;;;;;;;;;;;;;;;;;;;;;;;;;;;;;;;;;;;;;;;;;/h1,5H,2-4H2;1H3;;;;;;;;;;;;;;;;;;;;;;;;;;;;;;;;;;;;;;;;;;;;;;;;;;;;;;;;/q2*-1;;;;;;;;;;;;;;;;;;;;;;;;;;;;;;;;;;;;;;;;;;;;;;;;;;;;;;;;. The molecule has 0 aromatic heterocycles. The Hall–Kier alpha value is 38.5. The summed E-state index contributed by atoms with van der Waals surface area (Å²) in [7, 11) is 0. The molecule has 0 saturated carbocycles. The van der Waals surface area contributed by atoms with Gasteiger partial charge in [0.05, 0.1) is 0 Å². The van der Waals surface area contributed by atoms with Gasteiger partial charge in [0.15, 0.2) is 0 Å². The SMILES string of the molecule is [CH-]1CCNC1.[CH3-].[W].[W].[W].[W].[W].[W].[W].[W].[W].[W].[W].[W].[W].[W].[W].[W].[W].[W].[W].[W].[W].[W].[W].[W].[W].[W].[W].[W].[W].[W].[W].[W].[W].[W].[W].[W].[W].[W].[W].[W].[W].[W].[W].[W].[W].[W].[W].[W].[W].[W].[W].[W].[W].[W].[W].[W]. The Bertz CT molecular complexity index is 43.9. The minimum Gasteiger partial charge on any atom is -0.358 e. The third kappa shape index (κ3) is 495. The van der Waals surface area contributed by atoms with E-state index in [0.29, 0.717) is 0 Å². The van der Waals surface area contributed by atoms with Crippen LogP contribution in [0, 0.1) is 13.8 Å². The van der Waals surface area contributed by atoms with Gasteiger partial charge in [0.2, 0.25) is 0 Å². The Morgan fingerprint density at radius 1 is 0.161 bits per heavy atom. The first-order chi connectivity index (χ1) is 2.50. The van der Waals surface area contributed by atoms with Gasteiger partial charge in [-0.15, -0.1) is 6.54 Å². The molecular formula is C5H11NW56-2. The van der Waals surface area contributed by atoms with E-state index in [1.807, 2.05) is 0 Å². The molecule has 374 valence electrons. The molecule has 62 heavy (non-hydrogen) atoms. The topological polar surface area (TPSA) is 12.0 Å². The molecule has 0 aromatic rings. The molecule has 0 spiro atoms. The first-order valence-electron chi connectivity index (χ1n) is 2.02. The summed E-state index contributed by atoms with van der Waals surface area (Å²) in [6.07, 6.45) is 3.51. The number of hydrogen-bond donors (Lipinski definition) is 1. The minimum atomic E-state index is 0. The molecule has 57 heteroatoms. The molecule has 0 amide bonds. The largest absolute Gasteiger partial charge is 0.358 e. The van der Waals surface area contributed by atoms with Gasteiger partial charge in [0.25, 0.3) is 0 Å². The van der Waals surface area contributed by atoms with Gasteiger partial charge in [-0.05, 0) is 6.54 Å². The zero-order valence-corrected chi connectivity index (χ0v) is 191. The van der Waals surface area contributed by atoms with E-state index in [0.717, 1.165) is 6.54 Å². The molecule has 1 heterocycles. The Balaban J connectivity index is -0.0000000000797. The number of hydrogen-bond acceptors (Lipinski definition) is 1. The summed E-state index contributed by atoms with van der Waals surface area (Å²) < 4.78 is 0. The van der Waals surface area contributed by atoms with Crippen LogP contribution in [0.1, 0.15) is 6.42 Å². The summed E-state index contributed by atoms with van der Waals surface area (Å²) in [6, 6.07) is 0. The number of nitrogens with one attached hydrogen (secondary N) is 1. The second kappa shape index (κ2) is 510. The molecule has 1 aliphatic rings. The van der Waals surface area contributed by atoms with Crippen LogP contribution in [0.2, 0.25) is 0 Å². The molecule has 1 N–H and O–H groups in total. The molecule has 1 aliphatic heterocycles.